The summed E-state index contributed by atoms with van der Waals surface area (Å²) in [6.07, 6.45) is 3.17. The van der Waals surface area contributed by atoms with E-state index in [1.165, 1.54) is 5.56 Å². The quantitative estimate of drug-likeness (QED) is 0.889. The van der Waals surface area contributed by atoms with Crippen LogP contribution in [0.15, 0.2) is 35.2 Å². The molecule has 1 saturated carbocycles. The summed E-state index contributed by atoms with van der Waals surface area (Å²) >= 11 is 0. The van der Waals surface area contributed by atoms with Crippen molar-refractivity contribution < 1.29 is 8.42 Å². The average molecular weight is 319 g/mol. The van der Waals surface area contributed by atoms with Crippen LogP contribution in [0.1, 0.15) is 36.2 Å². The highest BCUT2D eigenvalue weighted by molar-refractivity contribution is 7.89. The molecule has 1 aliphatic carbocycles. The van der Waals surface area contributed by atoms with E-state index in [9.17, 15) is 8.42 Å². The number of sulfonamides is 1. The second kappa shape index (κ2) is 5.52. The van der Waals surface area contributed by atoms with Crippen molar-refractivity contribution in [2.45, 2.75) is 43.4 Å². The Labute approximate surface area is 131 Å². The summed E-state index contributed by atoms with van der Waals surface area (Å²) in [4.78, 5) is 0.273. The minimum Gasteiger partial charge on any atom is -0.281 e. The van der Waals surface area contributed by atoms with Gasteiger partial charge in [-0.3, -0.25) is 5.10 Å². The lowest BCUT2D eigenvalue weighted by Crippen LogP contribution is -2.45. The molecule has 1 aliphatic rings. The van der Waals surface area contributed by atoms with Gasteiger partial charge in [0.05, 0.1) is 11.4 Å². The smallest absolute Gasteiger partial charge is 0.244 e. The summed E-state index contributed by atoms with van der Waals surface area (Å²) in [6, 6.07) is 10.2. The van der Waals surface area contributed by atoms with Crippen LogP contribution in [-0.2, 0) is 15.4 Å². The number of H-pyrrole nitrogens is 1. The fourth-order valence-electron chi connectivity index (χ4n) is 3.20. The highest BCUT2D eigenvalue weighted by Crippen LogP contribution is 2.43. The zero-order valence-electron chi connectivity index (χ0n) is 12.9. The number of aromatic amines is 1. The molecule has 1 aromatic carbocycles. The lowest BCUT2D eigenvalue weighted by molar-refractivity contribution is 0.245. The molecule has 5 nitrogen and oxygen atoms in total. The fourth-order valence-corrected chi connectivity index (χ4v) is 4.70. The van der Waals surface area contributed by atoms with Crippen molar-refractivity contribution in [3.63, 3.8) is 0 Å². The van der Waals surface area contributed by atoms with Gasteiger partial charge in [-0.05, 0) is 32.3 Å². The molecule has 0 amide bonds. The standard InChI is InChI=1S/C16H21N3O2S/c1-12-15(13(2)19-18-12)22(20,21)17-11-16(9-6-10-16)14-7-4-3-5-8-14/h3-5,7-8,17H,6,9-11H2,1-2H3,(H,18,19). The second-order valence-corrected chi connectivity index (χ2v) is 7.79. The van der Waals surface area contributed by atoms with Crippen LogP contribution < -0.4 is 4.72 Å². The fraction of sp³-hybridized carbons (Fsp3) is 0.438. The third-order valence-corrected chi connectivity index (χ3v) is 6.29. The second-order valence-electron chi connectivity index (χ2n) is 6.09. The van der Waals surface area contributed by atoms with E-state index in [4.69, 9.17) is 0 Å². The molecule has 22 heavy (non-hydrogen) atoms. The zero-order chi connectivity index (χ0) is 15.8. The van der Waals surface area contributed by atoms with Crippen molar-refractivity contribution in [1.82, 2.24) is 14.9 Å². The highest BCUT2D eigenvalue weighted by Gasteiger charge is 2.39. The van der Waals surface area contributed by atoms with E-state index in [-0.39, 0.29) is 10.3 Å². The summed E-state index contributed by atoms with van der Waals surface area (Å²) in [6.45, 7) is 3.86. The molecule has 0 unspecified atom stereocenters. The first-order valence-electron chi connectivity index (χ1n) is 7.51. The molecule has 0 spiro atoms. The number of nitrogens with one attached hydrogen (secondary N) is 2. The van der Waals surface area contributed by atoms with Crippen molar-refractivity contribution in [2.24, 2.45) is 0 Å². The van der Waals surface area contributed by atoms with Gasteiger partial charge in [-0.25, -0.2) is 13.1 Å². The SMILES string of the molecule is Cc1n[nH]c(C)c1S(=O)(=O)NCC1(c2ccccc2)CCC1. The van der Waals surface area contributed by atoms with Crippen LogP contribution in [0.25, 0.3) is 0 Å². The van der Waals surface area contributed by atoms with Crippen molar-refractivity contribution in [3.05, 3.63) is 47.3 Å². The molecule has 0 atom stereocenters. The van der Waals surface area contributed by atoms with E-state index >= 15 is 0 Å². The number of aromatic nitrogens is 2. The largest absolute Gasteiger partial charge is 0.281 e. The Morgan fingerprint density at radius 3 is 2.41 bits per heavy atom. The van der Waals surface area contributed by atoms with E-state index < -0.39 is 10.0 Å². The van der Waals surface area contributed by atoms with Crippen molar-refractivity contribution in [3.8, 4) is 0 Å². The number of hydrogen-bond donors (Lipinski definition) is 2. The highest BCUT2D eigenvalue weighted by atomic mass is 32.2. The summed E-state index contributed by atoms with van der Waals surface area (Å²) in [7, 11) is -3.54. The van der Waals surface area contributed by atoms with Crippen molar-refractivity contribution in [2.75, 3.05) is 6.54 Å². The number of hydrogen-bond acceptors (Lipinski definition) is 3. The van der Waals surface area contributed by atoms with Gasteiger partial charge >= 0.3 is 0 Å². The minimum atomic E-state index is -3.54. The predicted molar refractivity (Wildman–Crippen MR) is 85.2 cm³/mol. The van der Waals surface area contributed by atoms with Gasteiger partial charge in [0.1, 0.15) is 4.90 Å². The normalized spacial score (nSPS) is 17.2. The maximum Gasteiger partial charge on any atom is 0.244 e. The van der Waals surface area contributed by atoms with Crippen molar-refractivity contribution >= 4 is 10.0 Å². The average Bonchev–Trinajstić information content (AvgIpc) is 2.79. The Morgan fingerprint density at radius 2 is 1.91 bits per heavy atom. The molecule has 2 N–H and O–H groups in total. The number of aryl methyl sites for hydroxylation is 2. The monoisotopic (exact) mass is 319 g/mol. The number of benzene rings is 1. The first-order valence-corrected chi connectivity index (χ1v) is 9.00. The molecule has 1 heterocycles. The van der Waals surface area contributed by atoms with Gasteiger partial charge in [0.15, 0.2) is 0 Å². The van der Waals surface area contributed by atoms with Crippen LogP contribution in [-0.4, -0.2) is 25.2 Å². The van der Waals surface area contributed by atoms with Crippen molar-refractivity contribution in [1.29, 1.82) is 0 Å². The van der Waals surface area contributed by atoms with E-state index in [0.717, 1.165) is 19.3 Å². The lowest BCUT2D eigenvalue weighted by atomic mass is 9.64. The minimum absolute atomic E-state index is 0.0696. The summed E-state index contributed by atoms with van der Waals surface area (Å²) in [5.41, 5.74) is 2.23. The van der Waals surface area contributed by atoms with Crippen LogP contribution >= 0.6 is 0 Å². The molecular formula is C16H21N3O2S. The van der Waals surface area contributed by atoms with Gasteiger partial charge < -0.3 is 0 Å². The predicted octanol–water partition coefficient (Wildman–Crippen LogP) is 2.43. The maximum absolute atomic E-state index is 12.6. The van der Waals surface area contributed by atoms with E-state index in [1.54, 1.807) is 13.8 Å². The zero-order valence-corrected chi connectivity index (χ0v) is 13.7. The van der Waals surface area contributed by atoms with Crippen LogP contribution in [0.2, 0.25) is 0 Å². The van der Waals surface area contributed by atoms with E-state index in [2.05, 4.69) is 27.1 Å². The van der Waals surface area contributed by atoms with Crippen LogP contribution in [0, 0.1) is 13.8 Å². The summed E-state index contributed by atoms with van der Waals surface area (Å²) in [5.74, 6) is 0. The molecule has 0 bridgehead atoms. The first kappa shape index (κ1) is 15.2. The van der Waals surface area contributed by atoms with Gasteiger partial charge in [0, 0.05) is 12.0 Å². The molecule has 0 saturated heterocycles. The van der Waals surface area contributed by atoms with E-state index in [1.807, 2.05) is 18.2 Å². The summed E-state index contributed by atoms with van der Waals surface area (Å²) in [5, 5.41) is 6.71. The maximum atomic E-state index is 12.6. The van der Waals surface area contributed by atoms with Gasteiger partial charge in [-0.1, -0.05) is 36.8 Å². The molecule has 1 fully saturated rings. The van der Waals surface area contributed by atoms with Crippen LogP contribution in [0.3, 0.4) is 0 Å². The Hall–Kier alpha value is -1.66. The molecule has 3 rings (SSSR count). The topological polar surface area (TPSA) is 74.8 Å². The molecule has 2 aromatic rings. The van der Waals surface area contributed by atoms with Gasteiger partial charge in [0.25, 0.3) is 0 Å². The Morgan fingerprint density at radius 1 is 1.23 bits per heavy atom. The van der Waals surface area contributed by atoms with Gasteiger partial charge in [0.2, 0.25) is 10.0 Å². The van der Waals surface area contributed by atoms with Crippen LogP contribution in [0.5, 0.6) is 0 Å². The molecular weight excluding hydrogens is 298 g/mol. The Bertz CT molecular complexity index is 742. The van der Waals surface area contributed by atoms with Crippen LogP contribution in [0.4, 0.5) is 0 Å². The third-order valence-electron chi connectivity index (χ3n) is 4.63. The molecule has 6 heteroatoms. The Kier molecular flexibility index (Phi) is 3.82. The molecule has 0 aliphatic heterocycles. The first-order chi connectivity index (χ1) is 10.4. The van der Waals surface area contributed by atoms with Gasteiger partial charge in [-0.2, -0.15) is 5.10 Å². The Balaban J connectivity index is 1.82. The third kappa shape index (κ3) is 2.57. The van der Waals surface area contributed by atoms with E-state index in [0.29, 0.717) is 17.9 Å². The summed E-state index contributed by atoms with van der Waals surface area (Å²) < 4.78 is 28.0. The molecule has 0 radical (unpaired) electrons. The number of nitrogens with zero attached hydrogens (tertiary/aromatic N) is 1. The van der Waals surface area contributed by atoms with Gasteiger partial charge in [-0.15, -0.1) is 0 Å². The molecule has 118 valence electrons. The molecule has 1 aromatic heterocycles. The lowest BCUT2D eigenvalue weighted by Gasteiger charge is -2.42. The number of rotatable bonds is 5.